The molecule has 0 saturated heterocycles. The molecule has 0 amide bonds. The van der Waals surface area contributed by atoms with E-state index in [1.807, 2.05) is 30.3 Å². The van der Waals surface area contributed by atoms with Gasteiger partial charge in [-0.3, -0.25) is 4.31 Å². The molecule has 2 rings (SSSR count). The van der Waals surface area contributed by atoms with Crippen molar-refractivity contribution < 1.29 is 46.2 Å². The predicted octanol–water partition coefficient (Wildman–Crippen LogP) is 4.70. The largest absolute Gasteiger partial charge is 0.388 e. The summed E-state index contributed by atoms with van der Waals surface area (Å²) in [5.41, 5.74) is 2.04. The Morgan fingerprint density at radius 1 is 1.11 bits per heavy atom. The van der Waals surface area contributed by atoms with Crippen LogP contribution >= 0.6 is 11.3 Å². The molecule has 1 aromatic carbocycles. The number of anilines is 1. The summed E-state index contributed by atoms with van der Waals surface area (Å²) in [5.74, 6) is 0. The third-order valence-corrected chi connectivity index (χ3v) is 6.76. The second-order valence-electron chi connectivity index (χ2n) is 6.52. The Labute approximate surface area is 192 Å². The number of nitrogens with zero attached hydrogens (tertiary/aromatic N) is 1. The number of benzene rings is 1. The zero-order valence-corrected chi connectivity index (χ0v) is 20.6. The van der Waals surface area contributed by atoms with Crippen LogP contribution in [-0.4, -0.2) is 19.8 Å². The van der Waals surface area contributed by atoms with Crippen molar-refractivity contribution in [2.75, 3.05) is 10.6 Å². The summed E-state index contributed by atoms with van der Waals surface area (Å²) in [4.78, 5) is 0.817. The number of thiophene rings is 1. The molecule has 1 radical (unpaired) electrons. The normalized spacial score (nSPS) is 12.4. The van der Waals surface area contributed by atoms with E-state index < -0.39 is 16.1 Å². The number of hydrogen-bond donors (Lipinski definition) is 1. The zero-order chi connectivity index (χ0) is 19.2. The second-order valence-corrected chi connectivity index (χ2v) is 9.52. The van der Waals surface area contributed by atoms with E-state index in [0.717, 1.165) is 35.3 Å². The minimum atomic E-state index is -3.42. The zero-order valence-electron chi connectivity index (χ0n) is 16.1. The molecule has 0 bridgehead atoms. The van der Waals surface area contributed by atoms with Gasteiger partial charge in [0.1, 0.15) is 5.00 Å². The van der Waals surface area contributed by atoms with Gasteiger partial charge in [0, 0.05) is 37.6 Å². The van der Waals surface area contributed by atoms with E-state index in [2.05, 4.69) is 13.8 Å². The monoisotopic (exact) mass is 483 g/mol. The van der Waals surface area contributed by atoms with Gasteiger partial charge in [0.2, 0.25) is 10.0 Å². The standard InChI is InChI=1S/C20H28NO3S2.Y/c1-4-6-7-8-18(22)19-13-14-20(25-19)21(26(3,23)24)15-17-11-9-16(5-2)10-12-17;/h9-14,18,22H,2,4-8,15H2,1,3H3;/q-1;. The van der Waals surface area contributed by atoms with Gasteiger partial charge >= 0.3 is 0 Å². The van der Waals surface area contributed by atoms with Gasteiger partial charge in [0.15, 0.2) is 0 Å². The Bertz CT molecular complexity index is 788. The summed E-state index contributed by atoms with van der Waals surface area (Å²) in [5, 5.41) is 11.0. The fourth-order valence-corrected chi connectivity index (χ4v) is 4.94. The average molecular weight is 483 g/mol. The smallest absolute Gasteiger partial charge is 0.233 e. The van der Waals surface area contributed by atoms with Crippen LogP contribution in [0.5, 0.6) is 0 Å². The van der Waals surface area contributed by atoms with Crippen LogP contribution in [0.1, 0.15) is 54.7 Å². The van der Waals surface area contributed by atoms with Crippen molar-refractivity contribution in [1.29, 1.82) is 0 Å². The van der Waals surface area contributed by atoms with Crippen molar-refractivity contribution in [2.24, 2.45) is 0 Å². The molecule has 0 aliphatic rings. The minimum Gasteiger partial charge on any atom is -0.388 e. The maximum absolute atomic E-state index is 12.3. The van der Waals surface area contributed by atoms with Gasteiger partial charge in [0.05, 0.1) is 18.9 Å². The van der Waals surface area contributed by atoms with E-state index in [-0.39, 0.29) is 39.3 Å². The molecule has 4 nitrogen and oxygen atoms in total. The first-order valence-corrected chi connectivity index (χ1v) is 11.6. The average Bonchev–Trinajstić information content (AvgIpc) is 3.09. The molecule has 1 aromatic heterocycles. The van der Waals surface area contributed by atoms with E-state index in [4.69, 9.17) is 0 Å². The van der Waals surface area contributed by atoms with E-state index in [1.165, 1.54) is 21.9 Å². The summed E-state index contributed by atoms with van der Waals surface area (Å²) < 4.78 is 26.0. The Hall–Kier alpha value is -0.266. The molecule has 2 aromatic rings. The van der Waals surface area contributed by atoms with Crippen LogP contribution in [0.3, 0.4) is 0 Å². The van der Waals surface area contributed by atoms with Crippen LogP contribution in [0.15, 0.2) is 36.4 Å². The summed E-state index contributed by atoms with van der Waals surface area (Å²) in [6.07, 6.45) is 5.27. The molecule has 0 aliphatic carbocycles. The van der Waals surface area contributed by atoms with E-state index in [0.29, 0.717) is 17.8 Å². The Kier molecular flexibility index (Phi) is 10.7. The molecule has 147 valence electrons. The molecule has 1 unspecified atom stereocenters. The fraction of sp³-hybridized carbons (Fsp3) is 0.450. The fourth-order valence-electron chi connectivity index (χ4n) is 2.72. The van der Waals surface area contributed by atoms with Gasteiger partial charge in [-0.2, -0.15) is 6.42 Å². The van der Waals surface area contributed by atoms with E-state index >= 15 is 0 Å². The quantitative estimate of drug-likeness (QED) is 0.394. The summed E-state index contributed by atoms with van der Waals surface area (Å²) in [7, 11) is -3.42. The molecule has 0 saturated carbocycles. The van der Waals surface area contributed by atoms with Crippen LogP contribution in [0.4, 0.5) is 5.00 Å². The van der Waals surface area contributed by atoms with Crippen molar-refractivity contribution in [3.8, 4) is 0 Å². The van der Waals surface area contributed by atoms with E-state index in [9.17, 15) is 13.5 Å². The second kappa shape index (κ2) is 11.7. The number of rotatable bonds is 10. The molecule has 1 heterocycles. The Balaban J connectivity index is 0.00000364. The number of sulfonamides is 1. The maximum Gasteiger partial charge on any atom is 0.233 e. The third kappa shape index (κ3) is 7.58. The Morgan fingerprint density at radius 3 is 2.30 bits per heavy atom. The molecule has 0 spiro atoms. The van der Waals surface area contributed by atoms with E-state index in [1.54, 1.807) is 6.07 Å². The Morgan fingerprint density at radius 2 is 1.74 bits per heavy atom. The van der Waals surface area contributed by atoms with Crippen molar-refractivity contribution in [2.45, 2.75) is 51.7 Å². The van der Waals surface area contributed by atoms with Gasteiger partial charge in [-0.25, -0.2) is 8.42 Å². The van der Waals surface area contributed by atoms with Crippen LogP contribution < -0.4 is 4.31 Å². The molecule has 0 aliphatic heterocycles. The van der Waals surface area contributed by atoms with Gasteiger partial charge in [-0.15, -0.1) is 11.3 Å². The summed E-state index contributed by atoms with van der Waals surface area (Å²) in [6, 6.07) is 11.4. The van der Waals surface area contributed by atoms with Gasteiger partial charge in [-0.1, -0.05) is 56.0 Å². The first-order chi connectivity index (χ1) is 12.3. The van der Waals surface area contributed by atoms with Gasteiger partial charge in [-0.05, 0) is 24.1 Å². The number of unbranched alkanes of at least 4 members (excludes halogenated alkanes) is 2. The maximum atomic E-state index is 12.3. The molecule has 27 heavy (non-hydrogen) atoms. The summed E-state index contributed by atoms with van der Waals surface area (Å²) >= 11 is 1.35. The van der Waals surface area contributed by atoms with Crippen LogP contribution in [0.25, 0.3) is 0 Å². The molecular weight excluding hydrogens is 455 g/mol. The summed E-state index contributed by atoms with van der Waals surface area (Å²) in [6.45, 7) is 6.26. The van der Waals surface area contributed by atoms with Crippen molar-refractivity contribution >= 4 is 26.4 Å². The number of hydrogen-bond acceptors (Lipinski definition) is 4. The van der Waals surface area contributed by atoms with Gasteiger partial charge < -0.3 is 12.0 Å². The minimum absolute atomic E-state index is 0. The number of aliphatic hydroxyl groups is 1. The van der Waals surface area contributed by atoms with Crippen molar-refractivity contribution in [1.82, 2.24) is 0 Å². The number of aliphatic hydroxyl groups excluding tert-OH is 1. The van der Waals surface area contributed by atoms with Crippen LogP contribution in [-0.2, 0) is 55.7 Å². The van der Waals surface area contributed by atoms with Crippen molar-refractivity contribution in [3.63, 3.8) is 0 Å². The molecule has 0 fully saturated rings. The SMILES string of the molecule is [CH2-]Cc1ccc(CN(c2ccc(C(O)CCCCC)s2)S(C)(=O)=O)cc1.[Y]. The third-order valence-electron chi connectivity index (χ3n) is 4.31. The molecular formula is C20H28NO3S2Y-. The van der Waals surface area contributed by atoms with Gasteiger partial charge in [0.25, 0.3) is 0 Å². The molecule has 7 heteroatoms. The predicted molar refractivity (Wildman–Crippen MR) is 110 cm³/mol. The molecule has 1 atom stereocenters. The van der Waals surface area contributed by atoms with Crippen LogP contribution in [0.2, 0.25) is 0 Å². The first kappa shape index (κ1) is 24.8. The van der Waals surface area contributed by atoms with Crippen LogP contribution in [0, 0.1) is 6.92 Å². The first-order valence-electron chi connectivity index (χ1n) is 8.97. The topological polar surface area (TPSA) is 57.6 Å². The molecule has 1 N–H and O–H groups in total. The van der Waals surface area contributed by atoms with Crippen molar-refractivity contribution in [3.05, 3.63) is 59.3 Å².